The molecule has 2 saturated carbocycles. The van der Waals surface area contributed by atoms with Crippen LogP contribution in [-0.2, 0) is 0 Å². The fraction of sp³-hybridized carbons (Fsp3) is 1.00. The van der Waals surface area contributed by atoms with E-state index >= 15 is 0 Å². The maximum Gasteiger partial charge on any atom is 0.0468 e. The van der Waals surface area contributed by atoms with E-state index in [1.54, 1.807) is 0 Å². The second-order valence-corrected chi connectivity index (χ2v) is 6.65. The molecule has 0 spiro atoms. The lowest BCUT2D eigenvalue weighted by Crippen LogP contribution is -2.44. The molecule has 0 radical (unpaired) electrons. The van der Waals surface area contributed by atoms with Gasteiger partial charge >= 0.3 is 0 Å². The van der Waals surface area contributed by atoms with Crippen molar-refractivity contribution >= 4 is 0 Å². The lowest BCUT2D eigenvalue weighted by atomic mass is 9.71. The van der Waals surface area contributed by atoms with Gasteiger partial charge in [0.1, 0.15) is 0 Å². The first-order chi connectivity index (χ1) is 8.81. The van der Waals surface area contributed by atoms with Crippen molar-refractivity contribution in [1.29, 1.82) is 0 Å². The van der Waals surface area contributed by atoms with Crippen molar-refractivity contribution in [2.45, 2.75) is 70.8 Å². The molecule has 0 heterocycles. The van der Waals surface area contributed by atoms with Crippen LogP contribution in [0.15, 0.2) is 0 Å². The third kappa shape index (κ3) is 3.96. The fourth-order valence-corrected chi connectivity index (χ4v) is 3.96. The van der Waals surface area contributed by atoms with Crippen LogP contribution >= 0.6 is 0 Å². The summed E-state index contributed by atoms with van der Waals surface area (Å²) in [5.41, 5.74) is 0. The summed E-state index contributed by atoms with van der Waals surface area (Å²) in [4.78, 5) is 0. The average molecular weight is 253 g/mol. The van der Waals surface area contributed by atoms with Crippen molar-refractivity contribution in [2.75, 3.05) is 13.2 Å². The molecular formula is C16H31NO. The summed E-state index contributed by atoms with van der Waals surface area (Å²) in [6.45, 7) is 3.43. The van der Waals surface area contributed by atoms with E-state index in [0.29, 0.717) is 12.5 Å². The van der Waals surface area contributed by atoms with Crippen LogP contribution < -0.4 is 5.32 Å². The van der Waals surface area contributed by atoms with Crippen LogP contribution in [0.3, 0.4) is 0 Å². The van der Waals surface area contributed by atoms with Gasteiger partial charge in [-0.05, 0) is 30.6 Å². The highest BCUT2D eigenvalue weighted by molar-refractivity contribution is 4.87. The van der Waals surface area contributed by atoms with Gasteiger partial charge in [-0.2, -0.15) is 0 Å². The second kappa shape index (κ2) is 7.49. The summed E-state index contributed by atoms with van der Waals surface area (Å²) in [7, 11) is 0. The maximum absolute atomic E-state index is 9.14. The number of aliphatic hydroxyl groups excluding tert-OH is 1. The number of rotatable bonds is 5. The minimum atomic E-state index is 0.313. The minimum Gasteiger partial charge on any atom is -0.396 e. The Balaban J connectivity index is 1.84. The Kier molecular flexibility index (Phi) is 5.97. The Hall–Kier alpha value is -0.0800. The summed E-state index contributed by atoms with van der Waals surface area (Å²) in [5, 5.41) is 12.9. The summed E-state index contributed by atoms with van der Waals surface area (Å²) in [6.07, 6.45) is 13.0. The molecular weight excluding hydrogens is 222 g/mol. The molecule has 0 aliphatic heterocycles. The topological polar surface area (TPSA) is 32.3 Å². The molecule has 2 aliphatic rings. The molecule has 2 fully saturated rings. The number of hydrogen-bond acceptors (Lipinski definition) is 2. The molecule has 0 aromatic rings. The van der Waals surface area contributed by atoms with Crippen LogP contribution in [0.4, 0.5) is 0 Å². The molecule has 3 unspecified atom stereocenters. The molecule has 3 atom stereocenters. The zero-order valence-electron chi connectivity index (χ0n) is 12.0. The summed E-state index contributed by atoms with van der Waals surface area (Å²) >= 11 is 0. The lowest BCUT2D eigenvalue weighted by Gasteiger charge is -2.40. The van der Waals surface area contributed by atoms with Crippen LogP contribution in [-0.4, -0.2) is 24.3 Å². The normalized spacial score (nSPS) is 32.3. The van der Waals surface area contributed by atoms with E-state index < -0.39 is 0 Å². The van der Waals surface area contributed by atoms with Gasteiger partial charge in [0.15, 0.2) is 0 Å². The van der Waals surface area contributed by atoms with E-state index in [9.17, 15) is 0 Å². The van der Waals surface area contributed by atoms with E-state index in [1.807, 2.05) is 0 Å². The zero-order chi connectivity index (χ0) is 12.8. The first kappa shape index (κ1) is 14.3. The SMILES string of the molecule is CC(CO)CNC1CCCCC1C1CCCCC1. The maximum atomic E-state index is 9.14. The number of nitrogens with one attached hydrogen (secondary N) is 1. The van der Waals surface area contributed by atoms with Gasteiger partial charge in [-0.25, -0.2) is 0 Å². The quantitative estimate of drug-likeness (QED) is 0.787. The third-order valence-electron chi connectivity index (χ3n) is 5.11. The lowest BCUT2D eigenvalue weighted by molar-refractivity contribution is 0.141. The Morgan fingerprint density at radius 1 is 1.00 bits per heavy atom. The van der Waals surface area contributed by atoms with Crippen molar-refractivity contribution in [3.05, 3.63) is 0 Å². The Morgan fingerprint density at radius 3 is 2.39 bits per heavy atom. The van der Waals surface area contributed by atoms with Gasteiger partial charge < -0.3 is 10.4 Å². The monoisotopic (exact) mass is 253 g/mol. The Labute approximate surface area is 113 Å². The van der Waals surface area contributed by atoms with E-state index in [1.165, 1.54) is 57.8 Å². The van der Waals surface area contributed by atoms with Crippen molar-refractivity contribution in [2.24, 2.45) is 17.8 Å². The van der Waals surface area contributed by atoms with Gasteiger partial charge in [-0.15, -0.1) is 0 Å². The van der Waals surface area contributed by atoms with Gasteiger partial charge in [-0.3, -0.25) is 0 Å². The smallest absolute Gasteiger partial charge is 0.0468 e. The molecule has 0 amide bonds. The highest BCUT2D eigenvalue weighted by Gasteiger charge is 2.32. The molecule has 2 heteroatoms. The van der Waals surface area contributed by atoms with Crippen molar-refractivity contribution in [1.82, 2.24) is 5.32 Å². The van der Waals surface area contributed by atoms with Crippen molar-refractivity contribution in [3.8, 4) is 0 Å². The van der Waals surface area contributed by atoms with Crippen LogP contribution in [0.25, 0.3) is 0 Å². The second-order valence-electron chi connectivity index (χ2n) is 6.65. The van der Waals surface area contributed by atoms with E-state index in [2.05, 4.69) is 12.2 Å². The Bertz CT molecular complexity index is 225. The molecule has 106 valence electrons. The van der Waals surface area contributed by atoms with Gasteiger partial charge in [0, 0.05) is 19.2 Å². The highest BCUT2D eigenvalue weighted by atomic mass is 16.3. The first-order valence-corrected chi connectivity index (χ1v) is 8.15. The van der Waals surface area contributed by atoms with Gasteiger partial charge in [0.05, 0.1) is 0 Å². The summed E-state index contributed by atoms with van der Waals surface area (Å²) < 4.78 is 0. The first-order valence-electron chi connectivity index (χ1n) is 8.15. The van der Waals surface area contributed by atoms with Crippen LogP contribution in [0.2, 0.25) is 0 Å². The molecule has 0 bridgehead atoms. The predicted molar refractivity (Wildman–Crippen MR) is 76.6 cm³/mol. The minimum absolute atomic E-state index is 0.313. The predicted octanol–water partition coefficient (Wildman–Crippen LogP) is 3.34. The molecule has 2 N–H and O–H groups in total. The zero-order valence-corrected chi connectivity index (χ0v) is 12.0. The Morgan fingerprint density at radius 2 is 1.67 bits per heavy atom. The molecule has 0 aromatic carbocycles. The van der Waals surface area contributed by atoms with E-state index in [4.69, 9.17) is 5.11 Å². The summed E-state index contributed by atoms with van der Waals surface area (Å²) in [5.74, 6) is 2.31. The molecule has 0 saturated heterocycles. The van der Waals surface area contributed by atoms with Gasteiger partial charge in [-0.1, -0.05) is 51.9 Å². The van der Waals surface area contributed by atoms with E-state index in [-0.39, 0.29) is 0 Å². The molecule has 2 rings (SSSR count). The molecule has 2 nitrogen and oxygen atoms in total. The molecule has 18 heavy (non-hydrogen) atoms. The van der Waals surface area contributed by atoms with Gasteiger partial charge in [0.25, 0.3) is 0 Å². The third-order valence-corrected chi connectivity index (χ3v) is 5.11. The highest BCUT2D eigenvalue weighted by Crippen LogP contribution is 2.38. The number of aliphatic hydroxyl groups is 1. The van der Waals surface area contributed by atoms with Crippen LogP contribution in [0, 0.1) is 17.8 Å². The summed E-state index contributed by atoms with van der Waals surface area (Å²) in [6, 6.07) is 0.732. The van der Waals surface area contributed by atoms with E-state index in [0.717, 1.165) is 24.4 Å². The largest absolute Gasteiger partial charge is 0.396 e. The van der Waals surface area contributed by atoms with Gasteiger partial charge in [0.2, 0.25) is 0 Å². The van der Waals surface area contributed by atoms with Crippen molar-refractivity contribution in [3.63, 3.8) is 0 Å². The number of hydrogen-bond donors (Lipinski definition) is 2. The standard InChI is InChI=1S/C16H31NO/c1-13(12-18)11-17-16-10-6-5-9-15(16)14-7-3-2-4-8-14/h13-18H,2-12H2,1H3. The van der Waals surface area contributed by atoms with Crippen LogP contribution in [0.1, 0.15) is 64.7 Å². The average Bonchev–Trinajstić information content (AvgIpc) is 2.46. The van der Waals surface area contributed by atoms with Crippen LogP contribution in [0.5, 0.6) is 0 Å². The fourth-order valence-electron chi connectivity index (χ4n) is 3.96. The van der Waals surface area contributed by atoms with Crippen molar-refractivity contribution < 1.29 is 5.11 Å². The molecule has 0 aromatic heterocycles. The molecule has 2 aliphatic carbocycles.